The van der Waals surface area contributed by atoms with E-state index in [0.29, 0.717) is 23.6 Å². The minimum atomic E-state index is -0.00383. The molecule has 0 unspecified atom stereocenters. The van der Waals surface area contributed by atoms with E-state index in [0.717, 1.165) is 30.9 Å². The number of amides is 1. The van der Waals surface area contributed by atoms with E-state index in [2.05, 4.69) is 25.5 Å². The third-order valence-corrected chi connectivity index (χ3v) is 5.42. The monoisotopic (exact) mass is 332 g/mol. The van der Waals surface area contributed by atoms with Crippen LogP contribution in [0.3, 0.4) is 0 Å². The molecule has 0 bridgehead atoms. The van der Waals surface area contributed by atoms with Crippen molar-refractivity contribution < 1.29 is 4.79 Å². The summed E-state index contributed by atoms with van der Waals surface area (Å²) in [5.74, 6) is 0.575. The Morgan fingerprint density at radius 1 is 1.35 bits per heavy atom. The van der Waals surface area contributed by atoms with Crippen molar-refractivity contribution in [2.75, 3.05) is 18.4 Å². The van der Waals surface area contributed by atoms with Gasteiger partial charge in [-0.3, -0.25) is 19.7 Å². The molecule has 1 aliphatic heterocycles. The second-order valence-corrected chi connectivity index (χ2v) is 7.27. The van der Waals surface area contributed by atoms with Crippen LogP contribution in [0.4, 0.5) is 5.13 Å². The molecule has 23 heavy (non-hydrogen) atoms. The number of likely N-dealkylation sites (tertiary alicyclic amines) is 1. The van der Waals surface area contributed by atoms with Crippen LogP contribution in [0, 0.1) is 0 Å². The highest BCUT2D eigenvalue weighted by Crippen LogP contribution is 2.42. The minimum absolute atomic E-state index is 0.00383. The first-order valence-electron chi connectivity index (χ1n) is 8.12. The lowest BCUT2D eigenvalue weighted by atomic mass is 10.2. The van der Waals surface area contributed by atoms with Crippen molar-refractivity contribution in [2.45, 2.75) is 44.2 Å². The molecule has 1 atom stereocenters. The third kappa shape index (κ3) is 3.59. The Bertz CT molecular complexity index is 665. The highest BCUT2D eigenvalue weighted by Gasteiger charge is 2.29. The van der Waals surface area contributed by atoms with Crippen LogP contribution >= 0.6 is 11.3 Å². The standard InChI is InChI=1S/C15H20N6OS/c22-13(17-15-19-18-14(23-15)11-4-5-11)10-20-7-1-3-12(20)9-21-8-2-6-16-21/h2,6,8,11-12H,1,3-5,7,9-10H2,(H,17,19,22)/t12-/m0/s1. The van der Waals surface area contributed by atoms with Crippen molar-refractivity contribution >= 4 is 22.4 Å². The fourth-order valence-electron chi connectivity index (χ4n) is 3.06. The number of carbonyl (C=O) groups excluding carboxylic acids is 1. The maximum absolute atomic E-state index is 12.3. The molecular formula is C15H20N6OS. The quantitative estimate of drug-likeness (QED) is 0.871. The Balaban J connectivity index is 1.31. The fourth-order valence-corrected chi connectivity index (χ4v) is 3.99. The van der Waals surface area contributed by atoms with Gasteiger partial charge in [0.15, 0.2) is 0 Å². The summed E-state index contributed by atoms with van der Waals surface area (Å²) in [6.45, 7) is 2.21. The van der Waals surface area contributed by atoms with Gasteiger partial charge in [-0.05, 0) is 38.3 Å². The smallest absolute Gasteiger partial charge is 0.240 e. The number of hydrogen-bond acceptors (Lipinski definition) is 6. The second-order valence-electron chi connectivity index (χ2n) is 6.26. The molecule has 2 aliphatic rings. The molecule has 0 radical (unpaired) electrons. The maximum Gasteiger partial charge on any atom is 0.240 e. The largest absolute Gasteiger partial charge is 0.299 e. The van der Waals surface area contributed by atoms with Gasteiger partial charge in [0.2, 0.25) is 11.0 Å². The average Bonchev–Trinajstić information content (AvgIpc) is 2.91. The van der Waals surface area contributed by atoms with Crippen LogP contribution in [-0.4, -0.2) is 49.9 Å². The summed E-state index contributed by atoms with van der Waals surface area (Å²) in [7, 11) is 0. The molecule has 2 aromatic heterocycles. The lowest BCUT2D eigenvalue weighted by Gasteiger charge is -2.23. The lowest BCUT2D eigenvalue weighted by molar-refractivity contribution is -0.117. The summed E-state index contributed by atoms with van der Waals surface area (Å²) >= 11 is 1.51. The van der Waals surface area contributed by atoms with E-state index in [4.69, 9.17) is 0 Å². The molecule has 0 aromatic carbocycles. The van der Waals surface area contributed by atoms with Gasteiger partial charge in [0.05, 0.1) is 13.1 Å². The summed E-state index contributed by atoms with van der Waals surface area (Å²) in [6, 6.07) is 2.30. The van der Waals surface area contributed by atoms with Crippen LogP contribution in [0.15, 0.2) is 18.5 Å². The Morgan fingerprint density at radius 2 is 2.26 bits per heavy atom. The number of nitrogens with zero attached hydrogens (tertiary/aromatic N) is 5. The molecule has 7 nitrogen and oxygen atoms in total. The molecule has 1 amide bonds. The lowest BCUT2D eigenvalue weighted by Crippen LogP contribution is -2.39. The average molecular weight is 332 g/mol. The zero-order valence-electron chi connectivity index (χ0n) is 12.9. The van der Waals surface area contributed by atoms with Crippen molar-refractivity contribution in [3.63, 3.8) is 0 Å². The van der Waals surface area contributed by atoms with E-state index < -0.39 is 0 Å². The summed E-state index contributed by atoms with van der Waals surface area (Å²) in [5.41, 5.74) is 0. The number of rotatable bonds is 6. The van der Waals surface area contributed by atoms with Gasteiger partial charge in [-0.1, -0.05) is 11.3 Å². The van der Waals surface area contributed by atoms with Crippen LogP contribution in [0.5, 0.6) is 0 Å². The van der Waals surface area contributed by atoms with E-state index in [9.17, 15) is 4.79 Å². The molecular weight excluding hydrogens is 312 g/mol. The molecule has 1 N–H and O–H groups in total. The van der Waals surface area contributed by atoms with Gasteiger partial charge in [-0.15, -0.1) is 10.2 Å². The summed E-state index contributed by atoms with van der Waals surface area (Å²) in [6.07, 6.45) is 8.40. The molecule has 3 heterocycles. The summed E-state index contributed by atoms with van der Waals surface area (Å²) < 4.78 is 1.94. The molecule has 1 aliphatic carbocycles. The highest BCUT2D eigenvalue weighted by molar-refractivity contribution is 7.15. The normalized spacial score (nSPS) is 21.7. The van der Waals surface area contributed by atoms with Crippen LogP contribution in [-0.2, 0) is 11.3 Å². The predicted octanol–water partition coefficient (Wildman–Crippen LogP) is 1.72. The molecule has 8 heteroatoms. The van der Waals surface area contributed by atoms with Crippen molar-refractivity contribution in [1.29, 1.82) is 0 Å². The van der Waals surface area contributed by atoms with Gasteiger partial charge in [0.1, 0.15) is 5.01 Å². The Morgan fingerprint density at radius 3 is 3.04 bits per heavy atom. The fraction of sp³-hybridized carbons (Fsp3) is 0.600. The molecule has 122 valence electrons. The first-order chi connectivity index (χ1) is 11.3. The Kier molecular flexibility index (Phi) is 4.09. The van der Waals surface area contributed by atoms with Crippen molar-refractivity contribution in [2.24, 2.45) is 0 Å². The van der Waals surface area contributed by atoms with Gasteiger partial charge < -0.3 is 0 Å². The topological polar surface area (TPSA) is 75.9 Å². The van der Waals surface area contributed by atoms with E-state index in [1.165, 1.54) is 24.2 Å². The van der Waals surface area contributed by atoms with Crippen LogP contribution in [0.2, 0.25) is 0 Å². The Hall–Kier alpha value is -1.80. The number of carbonyl (C=O) groups is 1. The maximum atomic E-state index is 12.3. The van der Waals surface area contributed by atoms with Crippen molar-refractivity contribution in [1.82, 2.24) is 24.9 Å². The molecule has 2 aromatic rings. The third-order valence-electron chi connectivity index (χ3n) is 4.42. The predicted molar refractivity (Wildman–Crippen MR) is 87.3 cm³/mol. The number of anilines is 1. The SMILES string of the molecule is O=C(CN1CCC[C@H]1Cn1cccn1)Nc1nnc(C2CC2)s1. The first-order valence-corrected chi connectivity index (χ1v) is 8.94. The molecule has 0 spiro atoms. The van der Waals surface area contributed by atoms with Crippen molar-refractivity contribution in [3.05, 3.63) is 23.5 Å². The van der Waals surface area contributed by atoms with Gasteiger partial charge in [0.25, 0.3) is 0 Å². The number of hydrogen-bond donors (Lipinski definition) is 1. The van der Waals surface area contributed by atoms with Gasteiger partial charge in [0, 0.05) is 24.4 Å². The first kappa shape index (κ1) is 14.8. The molecule has 1 saturated heterocycles. The van der Waals surface area contributed by atoms with Crippen LogP contribution < -0.4 is 5.32 Å². The van der Waals surface area contributed by atoms with E-state index in [-0.39, 0.29) is 5.91 Å². The number of nitrogens with one attached hydrogen (secondary N) is 1. The minimum Gasteiger partial charge on any atom is -0.299 e. The van der Waals surface area contributed by atoms with E-state index >= 15 is 0 Å². The zero-order chi connectivity index (χ0) is 15.6. The van der Waals surface area contributed by atoms with Crippen LogP contribution in [0.1, 0.15) is 36.6 Å². The number of aromatic nitrogens is 4. The van der Waals surface area contributed by atoms with E-state index in [1.807, 2.05) is 16.9 Å². The molecule has 1 saturated carbocycles. The van der Waals surface area contributed by atoms with E-state index in [1.54, 1.807) is 6.20 Å². The van der Waals surface area contributed by atoms with Gasteiger partial charge in [-0.2, -0.15) is 5.10 Å². The van der Waals surface area contributed by atoms with Gasteiger partial charge in [-0.25, -0.2) is 0 Å². The second kappa shape index (κ2) is 6.37. The Labute approximate surface area is 138 Å². The molecule has 4 rings (SSSR count). The molecule has 2 fully saturated rings. The van der Waals surface area contributed by atoms with Crippen molar-refractivity contribution in [3.8, 4) is 0 Å². The van der Waals surface area contributed by atoms with Gasteiger partial charge >= 0.3 is 0 Å². The highest BCUT2D eigenvalue weighted by atomic mass is 32.1. The zero-order valence-corrected chi connectivity index (χ0v) is 13.7. The van der Waals surface area contributed by atoms with Crippen LogP contribution in [0.25, 0.3) is 0 Å². The summed E-state index contributed by atoms with van der Waals surface area (Å²) in [5, 5.41) is 17.1. The summed E-state index contributed by atoms with van der Waals surface area (Å²) in [4.78, 5) is 14.5.